The molecule has 0 spiro atoms. The molecule has 0 atom stereocenters. The van der Waals surface area contributed by atoms with Crippen LogP contribution in [0, 0.1) is 0 Å². The Morgan fingerprint density at radius 3 is 2.50 bits per heavy atom. The zero-order chi connectivity index (χ0) is 10.4. The van der Waals surface area contributed by atoms with E-state index in [2.05, 4.69) is 0 Å². The summed E-state index contributed by atoms with van der Waals surface area (Å²) >= 11 is 0. The second-order valence-electron chi connectivity index (χ2n) is 2.99. The molecule has 1 aromatic rings. The lowest BCUT2D eigenvalue weighted by Gasteiger charge is -2.03. The highest BCUT2D eigenvalue weighted by Gasteiger charge is 2.00. The first-order chi connectivity index (χ1) is 6.76. The van der Waals surface area contributed by atoms with Crippen LogP contribution >= 0.6 is 0 Å². The molecule has 0 aliphatic carbocycles. The molecule has 0 radical (unpaired) electrons. The van der Waals surface area contributed by atoms with Crippen LogP contribution < -0.4 is 4.74 Å². The lowest BCUT2D eigenvalue weighted by atomic mass is 10.1. The smallest absolute Gasteiger partial charge is 0.186 e. The van der Waals surface area contributed by atoms with Crippen molar-refractivity contribution in [2.24, 2.45) is 0 Å². The maximum atomic E-state index is 11.1. The molecule has 0 aliphatic heterocycles. The summed E-state index contributed by atoms with van der Waals surface area (Å²) in [4.78, 5) is 11.1. The second-order valence-corrected chi connectivity index (χ2v) is 2.99. The fourth-order valence-electron chi connectivity index (χ4n) is 1.13. The molecule has 3 nitrogen and oxygen atoms in total. The van der Waals surface area contributed by atoms with Crippen molar-refractivity contribution in [3.8, 4) is 5.75 Å². The maximum Gasteiger partial charge on any atom is 0.186 e. The van der Waals surface area contributed by atoms with Gasteiger partial charge in [-0.25, -0.2) is 0 Å². The summed E-state index contributed by atoms with van der Waals surface area (Å²) in [6, 6.07) is 7.15. The normalized spacial score (nSPS) is 9.86. The topological polar surface area (TPSA) is 46.5 Å². The van der Waals surface area contributed by atoms with Crippen LogP contribution in [0.15, 0.2) is 24.3 Å². The van der Waals surface area contributed by atoms with Crippen molar-refractivity contribution >= 4 is 5.78 Å². The fraction of sp³-hybridized carbons (Fsp3) is 0.364. The molecule has 1 aromatic carbocycles. The van der Waals surface area contributed by atoms with Crippen LogP contribution in [-0.4, -0.2) is 17.7 Å². The van der Waals surface area contributed by atoms with Gasteiger partial charge in [0.2, 0.25) is 0 Å². The molecule has 0 aromatic heterocycles. The minimum absolute atomic E-state index is 0.223. The highest BCUT2D eigenvalue weighted by Crippen LogP contribution is 2.12. The number of carbonyl (C=O) groups excluding carboxylic acids is 1. The van der Waals surface area contributed by atoms with Crippen LogP contribution in [0.4, 0.5) is 0 Å². The van der Waals surface area contributed by atoms with E-state index in [-0.39, 0.29) is 12.6 Å². The molecule has 76 valence electrons. The first-order valence-electron chi connectivity index (χ1n) is 4.60. The van der Waals surface area contributed by atoms with Gasteiger partial charge in [0.25, 0.3) is 0 Å². The van der Waals surface area contributed by atoms with Crippen molar-refractivity contribution in [3.05, 3.63) is 29.8 Å². The van der Waals surface area contributed by atoms with Crippen LogP contribution in [-0.2, 0) is 11.2 Å². The van der Waals surface area contributed by atoms with Gasteiger partial charge in [-0.15, -0.1) is 0 Å². The van der Waals surface area contributed by atoms with Gasteiger partial charge < -0.3 is 9.84 Å². The van der Waals surface area contributed by atoms with E-state index in [0.717, 1.165) is 5.56 Å². The predicted octanol–water partition coefficient (Wildman–Crippen LogP) is 1.54. The van der Waals surface area contributed by atoms with Crippen LogP contribution in [0.1, 0.15) is 18.9 Å². The van der Waals surface area contributed by atoms with Gasteiger partial charge in [0, 0.05) is 12.8 Å². The maximum absolute atomic E-state index is 11.1. The summed E-state index contributed by atoms with van der Waals surface area (Å²) in [5.41, 5.74) is 0.974. The number of Topliss-reactive ketones (excluding diaryl/α,β-unsaturated/α-hetero) is 1. The standard InChI is InChI=1S/C11H14O3/c1-2-10(13)7-9-3-5-11(6-4-9)14-8-12/h3-6,12H,2,7-8H2,1H3. The van der Waals surface area contributed by atoms with Crippen molar-refractivity contribution in [2.45, 2.75) is 19.8 Å². The van der Waals surface area contributed by atoms with Crippen LogP contribution in [0.25, 0.3) is 0 Å². The molecular weight excluding hydrogens is 180 g/mol. The fourth-order valence-corrected chi connectivity index (χ4v) is 1.13. The number of hydrogen-bond donors (Lipinski definition) is 1. The quantitative estimate of drug-likeness (QED) is 0.723. The minimum atomic E-state index is -0.326. The molecule has 0 fully saturated rings. The first kappa shape index (κ1) is 10.7. The van der Waals surface area contributed by atoms with Crippen LogP contribution in [0.2, 0.25) is 0 Å². The molecular formula is C11H14O3. The third-order valence-electron chi connectivity index (χ3n) is 1.95. The van der Waals surface area contributed by atoms with Gasteiger partial charge in [0.05, 0.1) is 0 Å². The monoisotopic (exact) mass is 194 g/mol. The van der Waals surface area contributed by atoms with E-state index >= 15 is 0 Å². The molecule has 0 amide bonds. The Bertz CT molecular complexity index is 290. The summed E-state index contributed by atoms with van der Waals surface area (Å²) < 4.78 is 4.86. The number of benzene rings is 1. The van der Waals surface area contributed by atoms with E-state index in [1.54, 1.807) is 12.1 Å². The Morgan fingerprint density at radius 1 is 1.36 bits per heavy atom. The van der Waals surface area contributed by atoms with Gasteiger partial charge in [-0.3, -0.25) is 4.79 Å². The summed E-state index contributed by atoms with van der Waals surface area (Å²) in [7, 11) is 0. The Labute approximate surface area is 83.3 Å². The van der Waals surface area contributed by atoms with Gasteiger partial charge >= 0.3 is 0 Å². The van der Waals surface area contributed by atoms with Crippen molar-refractivity contribution < 1.29 is 14.6 Å². The lowest BCUT2D eigenvalue weighted by Crippen LogP contribution is -2.00. The molecule has 1 rings (SSSR count). The number of aliphatic hydroxyl groups excluding tert-OH is 1. The van der Waals surface area contributed by atoms with E-state index in [1.165, 1.54) is 0 Å². The second kappa shape index (κ2) is 5.40. The summed E-state index contributed by atoms with van der Waals surface area (Å²) in [6.45, 7) is 1.53. The molecule has 0 unspecified atom stereocenters. The van der Waals surface area contributed by atoms with Crippen molar-refractivity contribution in [2.75, 3.05) is 6.79 Å². The lowest BCUT2D eigenvalue weighted by molar-refractivity contribution is -0.118. The van der Waals surface area contributed by atoms with E-state index in [4.69, 9.17) is 9.84 Å². The van der Waals surface area contributed by atoms with Gasteiger partial charge in [-0.2, -0.15) is 0 Å². The third-order valence-corrected chi connectivity index (χ3v) is 1.95. The zero-order valence-electron chi connectivity index (χ0n) is 8.19. The van der Waals surface area contributed by atoms with Gasteiger partial charge in [0.15, 0.2) is 6.79 Å². The number of ketones is 1. The number of ether oxygens (including phenoxy) is 1. The molecule has 14 heavy (non-hydrogen) atoms. The third kappa shape index (κ3) is 3.18. The Hall–Kier alpha value is -1.35. The first-order valence-corrected chi connectivity index (χ1v) is 4.60. The van der Waals surface area contributed by atoms with E-state index < -0.39 is 0 Å². The van der Waals surface area contributed by atoms with Crippen LogP contribution in [0.5, 0.6) is 5.75 Å². The van der Waals surface area contributed by atoms with Crippen molar-refractivity contribution in [3.63, 3.8) is 0 Å². The Kier molecular flexibility index (Phi) is 4.13. The van der Waals surface area contributed by atoms with Crippen molar-refractivity contribution in [1.29, 1.82) is 0 Å². The van der Waals surface area contributed by atoms with E-state index in [1.807, 2.05) is 19.1 Å². The van der Waals surface area contributed by atoms with Crippen LogP contribution in [0.3, 0.4) is 0 Å². The van der Waals surface area contributed by atoms with Gasteiger partial charge in [-0.1, -0.05) is 19.1 Å². The average Bonchev–Trinajstić information content (AvgIpc) is 2.21. The van der Waals surface area contributed by atoms with Gasteiger partial charge in [-0.05, 0) is 17.7 Å². The molecule has 0 aliphatic rings. The Morgan fingerprint density at radius 2 is 2.00 bits per heavy atom. The average molecular weight is 194 g/mol. The van der Waals surface area contributed by atoms with E-state index in [0.29, 0.717) is 18.6 Å². The predicted molar refractivity (Wildman–Crippen MR) is 53.2 cm³/mol. The van der Waals surface area contributed by atoms with Gasteiger partial charge in [0.1, 0.15) is 11.5 Å². The number of hydrogen-bond acceptors (Lipinski definition) is 3. The molecule has 0 heterocycles. The number of aliphatic hydroxyl groups is 1. The van der Waals surface area contributed by atoms with Crippen molar-refractivity contribution in [1.82, 2.24) is 0 Å². The highest BCUT2D eigenvalue weighted by atomic mass is 16.6. The SMILES string of the molecule is CCC(=O)Cc1ccc(OCO)cc1. The highest BCUT2D eigenvalue weighted by molar-refractivity contribution is 5.80. The zero-order valence-corrected chi connectivity index (χ0v) is 8.19. The molecule has 3 heteroatoms. The molecule has 0 saturated carbocycles. The molecule has 0 bridgehead atoms. The van der Waals surface area contributed by atoms with E-state index in [9.17, 15) is 4.79 Å². The summed E-state index contributed by atoms with van der Waals surface area (Å²) in [6.07, 6.45) is 1.03. The number of rotatable bonds is 5. The molecule has 0 saturated heterocycles. The number of carbonyl (C=O) groups is 1. The largest absolute Gasteiger partial charge is 0.468 e. The Balaban J connectivity index is 2.59. The minimum Gasteiger partial charge on any atom is -0.468 e. The molecule has 1 N–H and O–H groups in total. The summed E-state index contributed by atoms with van der Waals surface area (Å²) in [5.74, 6) is 0.834. The summed E-state index contributed by atoms with van der Waals surface area (Å²) in [5, 5.41) is 8.50.